The fourth-order valence-electron chi connectivity index (χ4n) is 3.73. The number of carbonyl (C=O) groups excluding carboxylic acids is 1. The number of benzene rings is 1. The highest BCUT2D eigenvalue weighted by atomic mass is 28.3. The monoisotopic (exact) mass is 553 g/mol. The number of carbonyl (C=O) groups is 1. The summed E-state index contributed by atoms with van der Waals surface area (Å²) in [5, 5.41) is 17.3. The summed E-state index contributed by atoms with van der Waals surface area (Å²) < 4.78 is 18.8. The van der Waals surface area contributed by atoms with E-state index in [1.165, 1.54) is 0 Å². The van der Waals surface area contributed by atoms with Gasteiger partial charge in [-0.15, -0.1) is 5.54 Å². The van der Waals surface area contributed by atoms with Crippen LogP contribution in [0.2, 0.25) is 45.3 Å². The minimum Gasteiger partial charge on any atom is -0.466 e. The first-order valence-electron chi connectivity index (χ1n) is 12.9. The van der Waals surface area contributed by atoms with Crippen LogP contribution in [0.4, 0.5) is 11.5 Å². The molecule has 2 heterocycles. The fourth-order valence-corrected chi connectivity index (χ4v) is 5.00. The van der Waals surface area contributed by atoms with Crippen molar-refractivity contribution in [2.75, 3.05) is 31.9 Å². The zero-order valence-corrected chi connectivity index (χ0v) is 25.3. The van der Waals surface area contributed by atoms with Crippen molar-refractivity contribution < 1.29 is 19.0 Å². The molecule has 2 aromatic rings. The van der Waals surface area contributed by atoms with E-state index in [0.29, 0.717) is 43.5 Å². The van der Waals surface area contributed by atoms with Gasteiger partial charge in [0.2, 0.25) is 0 Å². The molecule has 1 amide bonds. The molecule has 1 aliphatic rings. The minimum absolute atomic E-state index is 0.151. The van der Waals surface area contributed by atoms with Gasteiger partial charge in [0.15, 0.2) is 12.6 Å². The van der Waals surface area contributed by atoms with Gasteiger partial charge in [-0.05, 0) is 30.7 Å². The molecule has 204 valence electrons. The number of aromatic nitrogens is 2. The summed E-state index contributed by atoms with van der Waals surface area (Å²) in [6, 6.07) is 8.63. The highest BCUT2D eigenvalue weighted by molar-refractivity contribution is 6.83. The molecule has 1 unspecified atom stereocenters. The third kappa shape index (κ3) is 8.74. The van der Waals surface area contributed by atoms with Gasteiger partial charge >= 0.3 is 0 Å². The number of primary amides is 1. The number of nitrogens with zero attached hydrogens (tertiary/aromatic N) is 3. The first-order chi connectivity index (χ1) is 17.9. The van der Waals surface area contributed by atoms with Crippen LogP contribution >= 0.6 is 0 Å². The fraction of sp³-hybridized carbons (Fsp3) is 0.519. The first kappa shape index (κ1) is 29.5. The van der Waals surface area contributed by atoms with Crippen LogP contribution in [0.15, 0.2) is 24.4 Å². The Morgan fingerprint density at radius 3 is 2.71 bits per heavy atom. The quantitative estimate of drug-likeness (QED) is 0.188. The molecule has 3 rings (SSSR count). The molecule has 1 aromatic carbocycles. The van der Waals surface area contributed by atoms with Crippen LogP contribution < -0.4 is 15.8 Å². The summed E-state index contributed by atoms with van der Waals surface area (Å²) in [4.78, 5) is 12.2. The molecular formula is C27H39N5O4Si2. The average molecular weight is 554 g/mol. The Bertz CT molecular complexity index is 1230. The molecule has 0 saturated carbocycles. The van der Waals surface area contributed by atoms with Crippen molar-refractivity contribution in [3.8, 4) is 23.3 Å². The van der Waals surface area contributed by atoms with E-state index in [2.05, 4.69) is 67.2 Å². The molecule has 0 bridgehead atoms. The molecule has 1 fully saturated rings. The first-order valence-corrected chi connectivity index (χ1v) is 20.1. The second-order valence-electron chi connectivity index (χ2n) is 11.7. The number of rotatable bonds is 10. The molecule has 38 heavy (non-hydrogen) atoms. The number of hydrogen-bond acceptors (Lipinski definition) is 7. The number of anilines is 2. The van der Waals surface area contributed by atoms with Gasteiger partial charge in [-0.25, -0.2) is 0 Å². The summed E-state index contributed by atoms with van der Waals surface area (Å²) in [6.45, 7) is 15.2. The third-order valence-corrected chi connectivity index (χ3v) is 8.52. The van der Waals surface area contributed by atoms with Crippen molar-refractivity contribution in [2.24, 2.45) is 11.7 Å². The Kier molecular flexibility index (Phi) is 9.79. The smallest absolute Gasteiger partial charge is 0.254 e. The van der Waals surface area contributed by atoms with Gasteiger partial charge in [-0.2, -0.15) is 10.4 Å². The van der Waals surface area contributed by atoms with Gasteiger partial charge in [0, 0.05) is 33.2 Å². The van der Waals surface area contributed by atoms with Crippen LogP contribution in [-0.2, 0) is 9.47 Å². The van der Waals surface area contributed by atoms with E-state index in [-0.39, 0.29) is 24.3 Å². The van der Waals surface area contributed by atoms with Crippen LogP contribution in [-0.4, -0.2) is 58.4 Å². The molecule has 3 N–H and O–H groups in total. The van der Waals surface area contributed by atoms with Gasteiger partial charge in [-0.1, -0.05) is 45.2 Å². The Labute approximate surface area is 227 Å². The van der Waals surface area contributed by atoms with E-state index >= 15 is 0 Å². The van der Waals surface area contributed by atoms with Crippen molar-refractivity contribution in [2.45, 2.75) is 57.8 Å². The SMILES string of the molecule is C[Si](C)(C)C#Cc1cc(Nc2nn(C3COCC[C@@H]3C#N)cc2C(N)=O)ccc1OCOCC[Si](C)(C)C. The van der Waals surface area contributed by atoms with Crippen molar-refractivity contribution in [1.82, 2.24) is 9.78 Å². The topological polar surface area (TPSA) is 124 Å². The van der Waals surface area contributed by atoms with Crippen LogP contribution in [0, 0.1) is 28.7 Å². The highest BCUT2D eigenvalue weighted by Gasteiger charge is 2.29. The van der Waals surface area contributed by atoms with E-state index in [4.69, 9.17) is 19.9 Å². The van der Waals surface area contributed by atoms with Crippen LogP contribution in [0.5, 0.6) is 5.75 Å². The van der Waals surface area contributed by atoms with Gasteiger partial charge in [0.05, 0.1) is 30.2 Å². The molecule has 0 aliphatic carbocycles. The maximum absolute atomic E-state index is 12.2. The summed E-state index contributed by atoms with van der Waals surface area (Å²) in [5.41, 5.74) is 10.7. The number of ether oxygens (including phenoxy) is 3. The lowest BCUT2D eigenvalue weighted by atomic mass is 9.97. The average Bonchev–Trinajstić information content (AvgIpc) is 3.26. The molecule has 9 nitrogen and oxygen atoms in total. The molecule has 0 spiro atoms. The summed E-state index contributed by atoms with van der Waals surface area (Å²) in [7, 11) is -2.82. The number of nitrogens with one attached hydrogen (secondary N) is 1. The summed E-state index contributed by atoms with van der Waals surface area (Å²) >= 11 is 0. The molecule has 1 aliphatic heterocycles. The molecule has 11 heteroatoms. The van der Waals surface area contributed by atoms with Gasteiger partial charge < -0.3 is 25.3 Å². The number of nitrogens with two attached hydrogens (primary N) is 1. The zero-order valence-electron chi connectivity index (χ0n) is 23.3. The van der Waals surface area contributed by atoms with E-state index < -0.39 is 22.1 Å². The van der Waals surface area contributed by atoms with E-state index in [9.17, 15) is 10.1 Å². The maximum atomic E-state index is 12.2. The number of amides is 1. The van der Waals surface area contributed by atoms with Crippen molar-refractivity contribution in [3.63, 3.8) is 0 Å². The second-order valence-corrected chi connectivity index (χ2v) is 22.1. The molecule has 1 aromatic heterocycles. The van der Waals surface area contributed by atoms with Crippen molar-refractivity contribution in [3.05, 3.63) is 35.5 Å². The molecule has 1 saturated heterocycles. The van der Waals surface area contributed by atoms with Crippen LogP contribution in [0.3, 0.4) is 0 Å². The van der Waals surface area contributed by atoms with Crippen molar-refractivity contribution >= 4 is 33.6 Å². The van der Waals surface area contributed by atoms with E-state index in [0.717, 1.165) is 11.6 Å². The van der Waals surface area contributed by atoms with Gasteiger partial charge in [-0.3, -0.25) is 9.48 Å². The maximum Gasteiger partial charge on any atom is 0.254 e. The lowest BCUT2D eigenvalue weighted by Crippen LogP contribution is -2.29. The lowest BCUT2D eigenvalue weighted by Gasteiger charge is -2.26. The predicted octanol–water partition coefficient (Wildman–Crippen LogP) is 4.75. The van der Waals surface area contributed by atoms with Crippen molar-refractivity contribution in [1.29, 1.82) is 5.26 Å². The molecule has 0 radical (unpaired) electrons. The Hall–Kier alpha value is -3.10. The predicted molar refractivity (Wildman–Crippen MR) is 154 cm³/mol. The van der Waals surface area contributed by atoms with Crippen LogP contribution in [0.1, 0.15) is 28.4 Å². The van der Waals surface area contributed by atoms with Gasteiger partial charge in [0.1, 0.15) is 19.4 Å². The lowest BCUT2D eigenvalue weighted by molar-refractivity contribution is 0.0219. The number of hydrogen-bond donors (Lipinski definition) is 2. The van der Waals surface area contributed by atoms with Gasteiger partial charge in [0.25, 0.3) is 5.91 Å². The van der Waals surface area contributed by atoms with E-state index in [1.807, 2.05) is 18.2 Å². The minimum atomic E-state index is -1.65. The molecular weight excluding hydrogens is 515 g/mol. The second kappa shape index (κ2) is 12.6. The summed E-state index contributed by atoms with van der Waals surface area (Å²) in [5.74, 6) is 3.35. The number of nitriles is 1. The Morgan fingerprint density at radius 1 is 1.29 bits per heavy atom. The largest absolute Gasteiger partial charge is 0.466 e. The zero-order chi connectivity index (χ0) is 27.9. The Morgan fingerprint density at radius 2 is 2.05 bits per heavy atom. The normalized spacial score (nSPS) is 17.7. The third-order valence-electron chi connectivity index (χ3n) is 5.94. The van der Waals surface area contributed by atoms with E-state index in [1.54, 1.807) is 10.9 Å². The van der Waals surface area contributed by atoms with Crippen LogP contribution in [0.25, 0.3) is 0 Å². The summed E-state index contributed by atoms with van der Waals surface area (Å²) in [6.07, 6.45) is 2.19. The highest BCUT2D eigenvalue weighted by Crippen LogP contribution is 2.30. The standard InChI is InChI=1S/C27H39N5O4Si2/c1-37(2,3)13-10-20-15-22(7-8-25(20)36-19-35-12-14-38(4,5)6)30-27-23(26(29)33)17-32(31-27)24-18-34-11-9-21(24)16-28/h7-8,15,17,21,24H,9,11-12,14,18-19H2,1-6H3,(H2,29,33)(H,30,31)/t21-,24?/m1/s1. The molecule has 2 atom stereocenters. The Balaban J connectivity index is 1.84.